The highest BCUT2D eigenvalue weighted by Gasteiger charge is 2.50. The number of anilines is 2. The van der Waals surface area contributed by atoms with Crippen molar-refractivity contribution in [3.8, 4) is 46.3 Å². The monoisotopic (exact) mass is 532 g/mol. The van der Waals surface area contributed by atoms with Crippen molar-refractivity contribution in [3.05, 3.63) is 72.3 Å². The van der Waals surface area contributed by atoms with Gasteiger partial charge in [-0.1, -0.05) is 24.0 Å². The van der Waals surface area contributed by atoms with E-state index in [1.165, 1.54) is 50.7 Å². The molecule has 4 aliphatic carbocycles. The first-order valence-corrected chi connectivity index (χ1v) is 14.0. The van der Waals surface area contributed by atoms with Gasteiger partial charge >= 0.3 is 0 Å². The molecular weight excluding hydrogens is 500 g/mol. The quantitative estimate of drug-likeness (QED) is 0.123. The number of phenols is 2. The summed E-state index contributed by atoms with van der Waals surface area (Å²) < 4.78 is 12.5. The van der Waals surface area contributed by atoms with Gasteiger partial charge in [0.2, 0.25) is 0 Å². The smallest absolute Gasteiger partial charge is 0.142 e. The molecule has 4 aromatic rings. The highest BCUT2D eigenvalue weighted by atomic mass is 16.5. The molecule has 40 heavy (non-hydrogen) atoms. The van der Waals surface area contributed by atoms with Gasteiger partial charge in [-0.3, -0.25) is 0 Å². The summed E-state index contributed by atoms with van der Waals surface area (Å²) in [6.07, 6.45) is 7.77. The first kappa shape index (κ1) is 24.5. The Morgan fingerprint density at radius 3 is 1.82 bits per heavy atom. The van der Waals surface area contributed by atoms with Crippen LogP contribution in [-0.4, -0.2) is 10.2 Å². The first-order chi connectivity index (χ1) is 19.3. The van der Waals surface area contributed by atoms with E-state index in [1.54, 1.807) is 24.3 Å². The second kappa shape index (κ2) is 9.31. The van der Waals surface area contributed by atoms with E-state index in [0.29, 0.717) is 23.0 Å². The molecule has 0 unspecified atom stereocenters. The number of rotatable bonds is 4. The lowest BCUT2D eigenvalue weighted by Crippen LogP contribution is -2.45. The summed E-state index contributed by atoms with van der Waals surface area (Å²) in [5.74, 6) is 11.8. The fourth-order valence-corrected chi connectivity index (χ4v) is 7.47. The minimum absolute atomic E-state index is 0.0351. The zero-order valence-corrected chi connectivity index (χ0v) is 22.2. The highest BCUT2D eigenvalue weighted by Crippen LogP contribution is 2.59. The van der Waals surface area contributed by atoms with Crippen molar-refractivity contribution < 1.29 is 19.7 Å². The SMILES string of the molecule is Nc1ccc(Oc2cc(C#CC34CC5CC(CC(C5)C3)C4)cc3c(Oc4ccc(N)c(O)c4)cccc23)cc1O. The Morgan fingerprint density at radius 1 is 0.675 bits per heavy atom. The maximum atomic E-state index is 10.2. The first-order valence-electron chi connectivity index (χ1n) is 14.0. The van der Waals surface area contributed by atoms with E-state index in [1.807, 2.05) is 30.3 Å². The molecule has 6 heteroatoms. The number of hydrogen-bond donors (Lipinski definition) is 4. The third kappa shape index (κ3) is 4.52. The summed E-state index contributed by atoms with van der Waals surface area (Å²) in [7, 11) is 0. The number of fused-ring (bicyclic) bond motifs is 1. The lowest BCUT2D eigenvalue weighted by molar-refractivity contribution is -0.0181. The van der Waals surface area contributed by atoms with E-state index >= 15 is 0 Å². The van der Waals surface area contributed by atoms with Crippen LogP contribution < -0.4 is 20.9 Å². The minimum Gasteiger partial charge on any atom is -0.506 e. The van der Waals surface area contributed by atoms with Gasteiger partial charge in [-0.05, 0) is 98.7 Å². The van der Waals surface area contributed by atoms with Crippen LogP contribution in [0.15, 0.2) is 66.7 Å². The molecule has 0 heterocycles. The van der Waals surface area contributed by atoms with Crippen LogP contribution in [0.5, 0.6) is 34.5 Å². The standard InChI is InChI=1S/C34H32N2O4/c35-28-6-4-24(15-30(28)37)39-32-3-1-2-26-27(32)13-20(14-33(26)40-25-5-7-29(36)31(38)16-25)8-9-34-17-21-10-22(18-34)12-23(11-21)19-34/h1-7,13-16,21-23,37-38H,10-12,17-19,35-36H2. The van der Waals surface area contributed by atoms with Crippen LogP contribution in [0.4, 0.5) is 11.4 Å². The molecule has 4 fully saturated rings. The van der Waals surface area contributed by atoms with Crippen molar-refractivity contribution in [1.82, 2.24) is 0 Å². The zero-order chi connectivity index (χ0) is 27.4. The van der Waals surface area contributed by atoms with E-state index in [-0.39, 0.29) is 28.3 Å². The highest BCUT2D eigenvalue weighted by molar-refractivity contribution is 5.95. The Labute approximate surface area is 233 Å². The molecular formula is C34H32N2O4. The van der Waals surface area contributed by atoms with Gasteiger partial charge in [-0.15, -0.1) is 0 Å². The number of ether oxygens (including phenoxy) is 2. The molecule has 0 atom stereocenters. The average Bonchev–Trinajstić information content (AvgIpc) is 2.91. The molecule has 0 radical (unpaired) electrons. The fraction of sp³-hybridized carbons (Fsp3) is 0.294. The molecule has 202 valence electrons. The molecule has 0 saturated heterocycles. The van der Waals surface area contributed by atoms with Gasteiger partial charge in [0.05, 0.1) is 11.4 Å². The normalized spacial score (nSPS) is 24.4. The third-order valence-corrected chi connectivity index (χ3v) is 8.89. The molecule has 4 saturated carbocycles. The Hall–Kier alpha value is -4.50. The second-order valence-corrected chi connectivity index (χ2v) is 11.9. The molecule has 0 aromatic heterocycles. The summed E-state index contributed by atoms with van der Waals surface area (Å²) in [6.45, 7) is 0. The molecule has 8 rings (SSSR count). The van der Waals surface area contributed by atoms with Gasteiger partial charge in [-0.2, -0.15) is 0 Å². The zero-order valence-electron chi connectivity index (χ0n) is 22.2. The third-order valence-electron chi connectivity index (χ3n) is 8.89. The Kier molecular flexibility index (Phi) is 5.71. The molecule has 0 aliphatic heterocycles. The van der Waals surface area contributed by atoms with E-state index in [4.69, 9.17) is 20.9 Å². The van der Waals surface area contributed by atoms with Gasteiger partial charge in [0.25, 0.3) is 0 Å². The van der Waals surface area contributed by atoms with E-state index in [9.17, 15) is 10.2 Å². The number of nitrogen functional groups attached to an aromatic ring is 2. The molecule has 6 nitrogen and oxygen atoms in total. The predicted octanol–water partition coefficient (Wildman–Crippen LogP) is 7.57. The van der Waals surface area contributed by atoms with Crippen LogP contribution in [0, 0.1) is 35.0 Å². The van der Waals surface area contributed by atoms with Crippen molar-refractivity contribution in [2.24, 2.45) is 23.2 Å². The molecule has 4 bridgehead atoms. The number of aromatic hydroxyl groups is 2. The number of hydrogen-bond acceptors (Lipinski definition) is 6. The number of phenolic OH excluding ortho intramolecular Hbond substituents is 2. The van der Waals surface area contributed by atoms with Gasteiger partial charge in [0, 0.05) is 33.9 Å². The summed E-state index contributed by atoms with van der Waals surface area (Å²) in [5.41, 5.74) is 13.1. The number of nitrogens with two attached hydrogens (primary N) is 2. The van der Waals surface area contributed by atoms with Gasteiger partial charge in [0.15, 0.2) is 0 Å². The average molecular weight is 533 g/mol. The summed E-state index contributed by atoms with van der Waals surface area (Å²) >= 11 is 0. The number of benzene rings is 4. The van der Waals surface area contributed by atoms with Crippen LogP contribution in [0.1, 0.15) is 44.1 Å². The lowest BCUT2D eigenvalue weighted by Gasteiger charge is -2.54. The van der Waals surface area contributed by atoms with Gasteiger partial charge in [0.1, 0.15) is 34.5 Å². The second-order valence-electron chi connectivity index (χ2n) is 11.9. The fourth-order valence-electron chi connectivity index (χ4n) is 7.47. The maximum Gasteiger partial charge on any atom is 0.142 e. The van der Waals surface area contributed by atoms with Crippen molar-refractivity contribution in [2.75, 3.05) is 11.5 Å². The van der Waals surface area contributed by atoms with Crippen LogP contribution in [0.25, 0.3) is 10.8 Å². The lowest BCUT2D eigenvalue weighted by atomic mass is 9.50. The minimum atomic E-state index is -0.0354. The topological polar surface area (TPSA) is 111 Å². The molecule has 4 aliphatic rings. The summed E-state index contributed by atoms with van der Waals surface area (Å²) in [6, 6.07) is 19.4. The molecule has 0 spiro atoms. The van der Waals surface area contributed by atoms with Crippen LogP contribution in [0.3, 0.4) is 0 Å². The van der Waals surface area contributed by atoms with Crippen molar-refractivity contribution >= 4 is 22.1 Å². The Bertz CT molecular complexity index is 1660. The van der Waals surface area contributed by atoms with Crippen molar-refractivity contribution in [1.29, 1.82) is 0 Å². The van der Waals surface area contributed by atoms with Crippen molar-refractivity contribution in [2.45, 2.75) is 38.5 Å². The van der Waals surface area contributed by atoms with Gasteiger partial charge < -0.3 is 31.2 Å². The van der Waals surface area contributed by atoms with Crippen LogP contribution in [0.2, 0.25) is 0 Å². The van der Waals surface area contributed by atoms with Crippen LogP contribution in [-0.2, 0) is 0 Å². The largest absolute Gasteiger partial charge is 0.506 e. The van der Waals surface area contributed by atoms with Crippen molar-refractivity contribution in [3.63, 3.8) is 0 Å². The van der Waals surface area contributed by atoms with E-state index in [2.05, 4.69) is 11.8 Å². The maximum absolute atomic E-state index is 10.2. The van der Waals surface area contributed by atoms with E-state index in [0.717, 1.165) is 34.1 Å². The molecule has 4 aromatic carbocycles. The summed E-state index contributed by atoms with van der Waals surface area (Å²) in [5, 5.41) is 21.9. The predicted molar refractivity (Wildman–Crippen MR) is 157 cm³/mol. The molecule has 0 amide bonds. The Morgan fingerprint density at radius 2 is 1.25 bits per heavy atom. The van der Waals surface area contributed by atoms with E-state index < -0.39 is 0 Å². The van der Waals surface area contributed by atoms with Crippen LogP contribution >= 0.6 is 0 Å². The summed E-state index contributed by atoms with van der Waals surface area (Å²) in [4.78, 5) is 0. The van der Waals surface area contributed by atoms with Gasteiger partial charge in [-0.25, -0.2) is 0 Å². The Balaban J connectivity index is 1.31. The molecule has 6 N–H and O–H groups in total.